The molecule has 2 unspecified atom stereocenters. The van der Waals surface area contributed by atoms with Crippen LogP contribution in [0, 0.1) is 5.92 Å². The highest BCUT2D eigenvalue weighted by molar-refractivity contribution is 4.76. The first-order valence-corrected chi connectivity index (χ1v) is 6.08. The second kappa shape index (κ2) is 4.63. The van der Waals surface area contributed by atoms with Crippen LogP contribution in [0.5, 0.6) is 0 Å². The van der Waals surface area contributed by atoms with Gasteiger partial charge in [0.15, 0.2) is 6.29 Å². The van der Waals surface area contributed by atoms with Crippen LogP contribution in [0.25, 0.3) is 0 Å². The van der Waals surface area contributed by atoms with Crippen LogP contribution in [-0.4, -0.2) is 18.5 Å². The summed E-state index contributed by atoms with van der Waals surface area (Å²) in [6.07, 6.45) is 8.76. The van der Waals surface area contributed by atoms with E-state index in [-0.39, 0.29) is 18.5 Å². The fraction of sp³-hybridized carbons (Fsp3) is 1.00. The quantitative estimate of drug-likeness (QED) is 0.603. The Balaban J connectivity index is 1.88. The predicted molar refractivity (Wildman–Crippen MR) is 56.1 cm³/mol. The van der Waals surface area contributed by atoms with Gasteiger partial charge in [-0.1, -0.05) is 25.7 Å². The van der Waals surface area contributed by atoms with Crippen molar-refractivity contribution in [3.8, 4) is 0 Å². The maximum atomic E-state index is 5.85. The van der Waals surface area contributed by atoms with Crippen LogP contribution < -0.4 is 0 Å². The van der Waals surface area contributed by atoms with Gasteiger partial charge >= 0.3 is 0 Å². The van der Waals surface area contributed by atoms with Gasteiger partial charge in [0.05, 0.1) is 12.2 Å². The fourth-order valence-electron chi connectivity index (χ4n) is 2.48. The lowest BCUT2D eigenvalue weighted by atomic mass is 10.00. The topological polar surface area (TPSA) is 18.5 Å². The molecule has 2 rings (SSSR count). The second-order valence-corrected chi connectivity index (χ2v) is 4.80. The zero-order chi connectivity index (χ0) is 9.97. The van der Waals surface area contributed by atoms with E-state index in [0.29, 0.717) is 5.92 Å². The summed E-state index contributed by atoms with van der Waals surface area (Å²) in [5.41, 5.74) is 0. The molecule has 1 saturated carbocycles. The molecule has 0 radical (unpaired) electrons. The zero-order valence-electron chi connectivity index (χ0n) is 9.37. The fourth-order valence-corrected chi connectivity index (χ4v) is 2.48. The average molecular weight is 198 g/mol. The van der Waals surface area contributed by atoms with Crippen LogP contribution in [0.1, 0.15) is 52.4 Å². The number of hydrogen-bond donors (Lipinski definition) is 0. The molecule has 2 atom stereocenters. The molecule has 2 fully saturated rings. The van der Waals surface area contributed by atoms with Crippen molar-refractivity contribution >= 4 is 0 Å². The summed E-state index contributed by atoms with van der Waals surface area (Å²) in [4.78, 5) is 0. The summed E-state index contributed by atoms with van der Waals surface area (Å²) in [5.74, 6) is 0.657. The van der Waals surface area contributed by atoms with Crippen molar-refractivity contribution in [3.05, 3.63) is 0 Å². The minimum atomic E-state index is 0.0955. The predicted octanol–water partition coefficient (Wildman–Crippen LogP) is 3.11. The van der Waals surface area contributed by atoms with E-state index in [2.05, 4.69) is 13.8 Å². The maximum absolute atomic E-state index is 5.85. The Labute approximate surface area is 87.0 Å². The van der Waals surface area contributed by atoms with Gasteiger partial charge in [-0.05, 0) is 26.7 Å². The maximum Gasteiger partial charge on any atom is 0.161 e. The van der Waals surface area contributed by atoms with Crippen molar-refractivity contribution in [2.24, 2.45) is 5.92 Å². The molecule has 1 saturated heterocycles. The van der Waals surface area contributed by atoms with Gasteiger partial charge in [0.25, 0.3) is 0 Å². The Morgan fingerprint density at radius 2 is 1.29 bits per heavy atom. The third kappa shape index (κ3) is 2.29. The second-order valence-electron chi connectivity index (χ2n) is 4.80. The summed E-state index contributed by atoms with van der Waals surface area (Å²) >= 11 is 0. The molecular formula is C12H22O2. The number of hydrogen-bond acceptors (Lipinski definition) is 2. The van der Waals surface area contributed by atoms with Gasteiger partial charge in [-0.15, -0.1) is 0 Å². The van der Waals surface area contributed by atoms with Crippen molar-refractivity contribution in [2.75, 3.05) is 0 Å². The first-order chi connectivity index (χ1) is 6.77. The van der Waals surface area contributed by atoms with Gasteiger partial charge in [-0.3, -0.25) is 0 Å². The van der Waals surface area contributed by atoms with Crippen LogP contribution >= 0.6 is 0 Å². The SMILES string of the molecule is CC1OC(C2CCCCCC2)OC1C. The molecule has 0 aromatic carbocycles. The lowest BCUT2D eigenvalue weighted by molar-refractivity contribution is -0.104. The molecule has 1 aliphatic carbocycles. The van der Waals surface area contributed by atoms with Crippen LogP contribution in [0.3, 0.4) is 0 Å². The highest BCUT2D eigenvalue weighted by atomic mass is 16.7. The molecule has 2 aliphatic rings. The van der Waals surface area contributed by atoms with E-state index in [4.69, 9.17) is 9.47 Å². The van der Waals surface area contributed by atoms with Crippen LogP contribution in [0.15, 0.2) is 0 Å². The van der Waals surface area contributed by atoms with Gasteiger partial charge in [-0.2, -0.15) is 0 Å². The molecule has 0 amide bonds. The third-order valence-corrected chi connectivity index (χ3v) is 3.64. The highest BCUT2D eigenvalue weighted by Gasteiger charge is 2.35. The Morgan fingerprint density at radius 3 is 1.79 bits per heavy atom. The van der Waals surface area contributed by atoms with E-state index in [0.717, 1.165) is 0 Å². The summed E-state index contributed by atoms with van der Waals surface area (Å²) in [5, 5.41) is 0. The van der Waals surface area contributed by atoms with E-state index in [1.807, 2.05) is 0 Å². The van der Waals surface area contributed by atoms with Crippen LogP contribution in [-0.2, 0) is 9.47 Å². The third-order valence-electron chi connectivity index (χ3n) is 3.64. The number of ether oxygens (including phenoxy) is 2. The Bertz CT molecular complexity index is 163. The smallest absolute Gasteiger partial charge is 0.161 e. The Hall–Kier alpha value is -0.0800. The molecule has 2 nitrogen and oxygen atoms in total. The first kappa shape index (κ1) is 10.4. The normalized spacial score (nSPS) is 41.1. The monoisotopic (exact) mass is 198 g/mol. The van der Waals surface area contributed by atoms with Crippen LogP contribution in [0.4, 0.5) is 0 Å². The van der Waals surface area contributed by atoms with Crippen molar-refractivity contribution in [3.63, 3.8) is 0 Å². The first-order valence-electron chi connectivity index (χ1n) is 6.08. The molecule has 0 bridgehead atoms. The largest absolute Gasteiger partial charge is 0.347 e. The summed E-state index contributed by atoms with van der Waals surface area (Å²) in [7, 11) is 0. The molecule has 82 valence electrons. The Kier molecular flexibility index (Phi) is 3.45. The molecule has 0 N–H and O–H groups in total. The standard InChI is InChI=1S/C12H22O2/c1-9-10(2)14-12(13-9)11-7-5-3-4-6-8-11/h9-12H,3-8H2,1-2H3. The van der Waals surface area contributed by atoms with Crippen molar-refractivity contribution < 1.29 is 9.47 Å². The molecule has 0 aromatic rings. The lowest BCUT2D eigenvalue weighted by Gasteiger charge is -2.20. The molecule has 0 spiro atoms. The molecular weight excluding hydrogens is 176 g/mol. The van der Waals surface area contributed by atoms with Crippen molar-refractivity contribution in [1.29, 1.82) is 0 Å². The van der Waals surface area contributed by atoms with E-state index >= 15 is 0 Å². The summed E-state index contributed by atoms with van der Waals surface area (Å²) in [6, 6.07) is 0. The number of rotatable bonds is 1. The van der Waals surface area contributed by atoms with Gasteiger partial charge in [-0.25, -0.2) is 0 Å². The van der Waals surface area contributed by atoms with E-state index in [9.17, 15) is 0 Å². The summed E-state index contributed by atoms with van der Waals surface area (Å²) < 4.78 is 11.7. The molecule has 2 heteroatoms. The molecule has 1 heterocycles. The average Bonchev–Trinajstić information content (AvgIpc) is 2.46. The summed E-state index contributed by atoms with van der Waals surface area (Å²) in [6.45, 7) is 4.22. The van der Waals surface area contributed by atoms with Crippen molar-refractivity contribution in [2.45, 2.75) is 70.9 Å². The molecule has 14 heavy (non-hydrogen) atoms. The van der Waals surface area contributed by atoms with Crippen LogP contribution in [0.2, 0.25) is 0 Å². The van der Waals surface area contributed by atoms with Gasteiger partial charge in [0.1, 0.15) is 0 Å². The van der Waals surface area contributed by atoms with Gasteiger partial charge in [0, 0.05) is 5.92 Å². The minimum Gasteiger partial charge on any atom is -0.347 e. The zero-order valence-corrected chi connectivity index (χ0v) is 9.37. The molecule has 0 aromatic heterocycles. The Morgan fingerprint density at radius 1 is 0.786 bits per heavy atom. The van der Waals surface area contributed by atoms with Gasteiger partial charge in [0.2, 0.25) is 0 Å². The lowest BCUT2D eigenvalue weighted by Crippen LogP contribution is -2.21. The van der Waals surface area contributed by atoms with Gasteiger partial charge < -0.3 is 9.47 Å². The minimum absolute atomic E-state index is 0.0955. The van der Waals surface area contributed by atoms with E-state index in [1.165, 1.54) is 38.5 Å². The van der Waals surface area contributed by atoms with Crippen molar-refractivity contribution in [1.82, 2.24) is 0 Å². The highest BCUT2D eigenvalue weighted by Crippen LogP contribution is 2.32. The van der Waals surface area contributed by atoms with E-state index in [1.54, 1.807) is 0 Å². The van der Waals surface area contributed by atoms with E-state index < -0.39 is 0 Å². The molecule has 1 aliphatic heterocycles.